The Morgan fingerprint density at radius 1 is 1.32 bits per heavy atom. The number of rotatable bonds is 3. The van der Waals surface area contributed by atoms with Crippen molar-refractivity contribution in [3.8, 4) is 0 Å². The van der Waals surface area contributed by atoms with Gasteiger partial charge in [-0.05, 0) is 51.6 Å². The maximum Gasteiger partial charge on any atom is 0.114 e. The number of nitrogens with zero attached hydrogens (tertiary/aromatic N) is 3. The number of likely N-dealkylation sites (tertiary alicyclic amines) is 1. The lowest BCUT2D eigenvalue weighted by molar-refractivity contribution is 0.208. The standard InChI is InChI=1S/C15H25N3O/c1-17-6-2-4-12(9-17)8-14-10-18-7-3-5-13(11-19)15(18)16-14/h10,12-13,19H,2-9,11H2,1H3. The van der Waals surface area contributed by atoms with Crippen molar-refractivity contribution in [2.75, 3.05) is 26.7 Å². The third kappa shape index (κ3) is 2.84. The summed E-state index contributed by atoms with van der Waals surface area (Å²) in [5.74, 6) is 2.13. The summed E-state index contributed by atoms with van der Waals surface area (Å²) in [4.78, 5) is 7.24. The molecule has 1 aromatic rings. The number of hydrogen-bond donors (Lipinski definition) is 1. The molecule has 0 amide bonds. The van der Waals surface area contributed by atoms with E-state index >= 15 is 0 Å². The van der Waals surface area contributed by atoms with Crippen molar-refractivity contribution in [1.82, 2.24) is 14.5 Å². The molecule has 0 saturated carbocycles. The second-order valence-corrected chi connectivity index (χ2v) is 6.28. The van der Waals surface area contributed by atoms with E-state index < -0.39 is 0 Å². The van der Waals surface area contributed by atoms with Crippen molar-refractivity contribution in [1.29, 1.82) is 0 Å². The largest absolute Gasteiger partial charge is 0.396 e. The molecule has 0 radical (unpaired) electrons. The summed E-state index contributed by atoms with van der Waals surface area (Å²) in [5.41, 5.74) is 1.23. The highest BCUT2D eigenvalue weighted by molar-refractivity contribution is 5.11. The van der Waals surface area contributed by atoms with Crippen molar-refractivity contribution < 1.29 is 5.11 Å². The fraction of sp³-hybridized carbons (Fsp3) is 0.800. The number of aliphatic hydroxyl groups excluding tert-OH is 1. The summed E-state index contributed by atoms with van der Waals surface area (Å²) in [6, 6.07) is 0. The molecule has 19 heavy (non-hydrogen) atoms. The summed E-state index contributed by atoms with van der Waals surface area (Å²) in [7, 11) is 2.21. The van der Waals surface area contributed by atoms with Crippen molar-refractivity contribution in [3.05, 3.63) is 17.7 Å². The second-order valence-electron chi connectivity index (χ2n) is 6.28. The molecule has 3 heterocycles. The third-order valence-electron chi connectivity index (χ3n) is 4.61. The molecule has 0 spiro atoms. The van der Waals surface area contributed by atoms with Gasteiger partial charge in [0.15, 0.2) is 0 Å². The van der Waals surface area contributed by atoms with Crippen LogP contribution in [0.2, 0.25) is 0 Å². The summed E-state index contributed by atoms with van der Waals surface area (Å²) in [5, 5.41) is 9.44. The van der Waals surface area contributed by atoms with Crippen LogP contribution in [0.15, 0.2) is 6.20 Å². The molecule has 1 N–H and O–H groups in total. The van der Waals surface area contributed by atoms with Gasteiger partial charge < -0.3 is 14.6 Å². The monoisotopic (exact) mass is 263 g/mol. The molecule has 106 valence electrons. The highest BCUT2D eigenvalue weighted by Gasteiger charge is 2.24. The zero-order valence-electron chi connectivity index (χ0n) is 11.9. The second kappa shape index (κ2) is 5.63. The number of fused-ring (bicyclic) bond motifs is 1. The molecule has 0 aromatic carbocycles. The van der Waals surface area contributed by atoms with Crippen LogP contribution in [0.5, 0.6) is 0 Å². The van der Waals surface area contributed by atoms with Crippen LogP contribution in [0.25, 0.3) is 0 Å². The van der Waals surface area contributed by atoms with E-state index in [1.807, 2.05) is 0 Å². The molecule has 1 saturated heterocycles. The van der Waals surface area contributed by atoms with Crippen LogP contribution in [0.3, 0.4) is 0 Å². The fourth-order valence-corrected chi connectivity index (χ4v) is 3.64. The Morgan fingerprint density at radius 2 is 2.16 bits per heavy atom. The Hall–Kier alpha value is -0.870. The van der Waals surface area contributed by atoms with Crippen LogP contribution < -0.4 is 0 Å². The van der Waals surface area contributed by atoms with Crippen LogP contribution in [0.4, 0.5) is 0 Å². The lowest BCUT2D eigenvalue weighted by atomic mass is 9.94. The average molecular weight is 263 g/mol. The number of aryl methyl sites for hydroxylation is 1. The number of imidazole rings is 1. The van der Waals surface area contributed by atoms with E-state index in [-0.39, 0.29) is 12.5 Å². The molecule has 4 nitrogen and oxygen atoms in total. The first kappa shape index (κ1) is 13.1. The molecular formula is C15H25N3O. The summed E-state index contributed by atoms with van der Waals surface area (Å²) < 4.78 is 2.27. The quantitative estimate of drug-likeness (QED) is 0.901. The Bertz CT molecular complexity index is 429. The Balaban J connectivity index is 1.70. The molecule has 0 aliphatic carbocycles. The zero-order chi connectivity index (χ0) is 13.2. The Kier molecular flexibility index (Phi) is 3.89. The molecule has 3 rings (SSSR count). The predicted octanol–water partition coefficient (Wildman–Crippen LogP) is 1.64. The van der Waals surface area contributed by atoms with Crippen molar-refractivity contribution in [2.24, 2.45) is 5.92 Å². The van der Waals surface area contributed by atoms with E-state index in [4.69, 9.17) is 4.98 Å². The van der Waals surface area contributed by atoms with Gasteiger partial charge in [-0.25, -0.2) is 4.98 Å². The van der Waals surface area contributed by atoms with Gasteiger partial charge in [0.05, 0.1) is 12.3 Å². The van der Waals surface area contributed by atoms with Gasteiger partial charge in [0, 0.05) is 25.2 Å². The Morgan fingerprint density at radius 3 is 2.95 bits per heavy atom. The van der Waals surface area contributed by atoms with Crippen molar-refractivity contribution in [2.45, 2.75) is 44.6 Å². The average Bonchev–Trinajstić information content (AvgIpc) is 2.80. The van der Waals surface area contributed by atoms with Crippen LogP contribution in [0, 0.1) is 5.92 Å². The van der Waals surface area contributed by atoms with Crippen molar-refractivity contribution in [3.63, 3.8) is 0 Å². The van der Waals surface area contributed by atoms with Gasteiger partial charge in [-0.1, -0.05) is 0 Å². The van der Waals surface area contributed by atoms with Gasteiger partial charge in [0.2, 0.25) is 0 Å². The highest BCUT2D eigenvalue weighted by atomic mass is 16.3. The number of aliphatic hydroxyl groups is 1. The molecule has 4 heteroatoms. The fourth-order valence-electron chi connectivity index (χ4n) is 3.64. The first-order chi connectivity index (χ1) is 9.26. The van der Waals surface area contributed by atoms with Crippen LogP contribution in [-0.4, -0.2) is 46.3 Å². The minimum absolute atomic E-state index is 0.239. The highest BCUT2D eigenvalue weighted by Crippen LogP contribution is 2.27. The van der Waals surface area contributed by atoms with Crippen molar-refractivity contribution >= 4 is 0 Å². The number of hydrogen-bond acceptors (Lipinski definition) is 3. The molecule has 2 aliphatic rings. The minimum atomic E-state index is 0.239. The van der Waals surface area contributed by atoms with Crippen LogP contribution >= 0.6 is 0 Å². The summed E-state index contributed by atoms with van der Waals surface area (Å²) >= 11 is 0. The molecular weight excluding hydrogens is 238 g/mol. The molecule has 2 atom stereocenters. The van der Waals surface area contributed by atoms with Gasteiger partial charge >= 0.3 is 0 Å². The van der Waals surface area contributed by atoms with Gasteiger partial charge in [0.25, 0.3) is 0 Å². The first-order valence-corrected chi connectivity index (χ1v) is 7.61. The number of piperidine rings is 1. The number of aromatic nitrogens is 2. The zero-order valence-corrected chi connectivity index (χ0v) is 11.9. The topological polar surface area (TPSA) is 41.3 Å². The maximum atomic E-state index is 9.44. The van der Waals surface area contributed by atoms with E-state index in [2.05, 4.69) is 22.7 Å². The molecule has 1 aromatic heterocycles. The minimum Gasteiger partial charge on any atom is -0.396 e. The predicted molar refractivity (Wildman–Crippen MR) is 75.2 cm³/mol. The van der Waals surface area contributed by atoms with Gasteiger partial charge in [-0.2, -0.15) is 0 Å². The first-order valence-electron chi connectivity index (χ1n) is 7.61. The van der Waals surface area contributed by atoms with E-state index in [1.165, 1.54) is 38.0 Å². The molecule has 1 fully saturated rings. The van der Waals surface area contributed by atoms with E-state index in [9.17, 15) is 5.11 Å². The normalized spacial score (nSPS) is 28.3. The third-order valence-corrected chi connectivity index (χ3v) is 4.61. The summed E-state index contributed by atoms with van der Waals surface area (Å²) in [6.45, 7) is 3.75. The lowest BCUT2D eigenvalue weighted by Gasteiger charge is -2.29. The summed E-state index contributed by atoms with van der Waals surface area (Å²) in [6.07, 6.45) is 8.22. The van der Waals surface area contributed by atoms with Gasteiger partial charge in [0.1, 0.15) is 5.82 Å². The van der Waals surface area contributed by atoms with E-state index in [0.29, 0.717) is 0 Å². The van der Waals surface area contributed by atoms with E-state index in [0.717, 1.165) is 31.1 Å². The van der Waals surface area contributed by atoms with Gasteiger partial charge in [-0.3, -0.25) is 0 Å². The van der Waals surface area contributed by atoms with Crippen LogP contribution in [0.1, 0.15) is 43.1 Å². The molecule has 2 unspecified atom stereocenters. The SMILES string of the molecule is CN1CCCC(Cc2cn3c(n2)C(CO)CCC3)C1. The smallest absolute Gasteiger partial charge is 0.114 e. The lowest BCUT2D eigenvalue weighted by Crippen LogP contribution is -2.33. The maximum absolute atomic E-state index is 9.44. The van der Waals surface area contributed by atoms with Gasteiger partial charge in [-0.15, -0.1) is 0 Å². The molecule has 2 aliphatic heterocycles. The van der Waals surface area contributed by atoms with E-state index in [1.54, 1.807) is 0 Å². The molecule has 0 bridgehead atoms. The Labute approximate surface area is 115 Å². The van der Waals surface area contributed by atoms with Crippen LogP contribution in [-0.2, 0) is 13.0 Å².